The molecule has 0 bridgehead atoms. The van der Waals surface area contributed by atoms with Gasteiger partial charge in [0.05, 0.1) is 0 Å². The average Bonchev–Trinajstić information content (AvgIpc) is 2.27. The van der Waals surface area contributed by atoms with E-state index in [1.807, 2.05) is 0 Å². The Balaban J connectivity index is 2.92. The molecule has 0 heterocycles. The van der Waals surface area contributed by atoms with Gasteiger partial charge in [0.2, 0.25) is 0 Å². The second-order valence-corrected chi connectivity index (χ2v) is 6.59. The first-order valence-corrected chi connectivity index (χ1v) is 7.41. The van der Waals surface area contributed by atoms with Crippen LogP contribution in [0.4, 0.5) is 0 Å². The van der Waals surface area contributed by atoms with Crippen molar-refractivity contribution in [1.29, 1.82) is 0 Å². The molecule has 1 aliphatic carbocycles. The second-order valence-electron chi connectivity index (χ2n) is 6.59. The van der Waals surface area contributed by atoms with E-state index < -0.39 is 0 Å². The maximum absolute atomic E-state index is 6.20. The maximum Gasteiger partial charge on any atom is 0.0360 e. The third kappa shape index (κ3) is 3.23. The molecule has 0 aromatic carbocycles. The Hall–Kier alpha value is -0.0800. The van der Waals surface area contributed by atoms with Crippen molar-refractivity contribution in [2.24, 2.45) is 17.6 Å². The number of rotatable bonds is 5. The van der Waals surface area contributed by atoms with Crippen LogP contribution >= 0.6 is 0 Å². The number of nitrogens with two attached hydrogens (primary N) is 1. The summed E-state index contributed by atoms with van der Waals surface area (Å²) in [6, 6.07) is 0.599. The molecule has 1 saturated carbocycles. The fraction of sp³-hybridized carbons (Fsp3) is 1.00. The average molecular weight is 240 g/mol. The van der Waals surface area contributed by atoms with Crippen LogP contribution in [0.5, 0.6) is 0 Å². The molecule has 0 amide bonds. The van der Waals surface area contributed by atoms with Gasteiger partial charge in [-0.2, -0.15) is 0 Å². The Morgan fingerprint density at radius 2 is 1.88 bits per heavy atom. The van der Waals surface area contributed by atoms with Gasteiger partial charge in [-0.3, -0.25) is 4.90 Å². The van der Waals surface area contributed by atoms with Crippen molar-refractivity contribution in [2.75, 3.05) is 13.1 Å². The largest absolute Gasteiger partial charge is 0.329 e. The lowest BCUT2D eigenvalue weighted by Crippen LogP contribution is -2.62. The first kappa shape index (κ1) is 15.0. The molecule has 0 saturated heterocycles. The highest BCUT2D eigenvalue weighted by Crippen LogP contribution is 2.39. The predicted molar refractivity (Wildman–Crippen MR) is 76.1 cm³/mol. The molecule has 2 atom stereocenters. The first-order chi connectivity index (χ1) is 7.94. The number of hydrogen-bond acceptors (Lipinski definition) is 2. The van der Waals surface area contributed by atoms with E-state index in [1.165, 1.54) is 32.2 Å². The Morgan fingerprint density at radius 3 is 2.29 bits per heavy atom. The highest BCUT2D eigenvalue weighted by molar-refractivity contribution is 4.99. The van der Waals surface area contributed by atoms with Gasteiger partial charge in [-0.15, -0.1) is 0 Å². The standard InChI is InChI=1S/C15H32N2/c1-12(2)10-17(13(3)4)15(11-16)9-7-6-8-14(15)5/h12-14H,6-11,16H2,1-5H3. The van der Waals surface area contributed by atoms with Gasteiger partial charge in [0.15, 0.2) is 0 Å². The van der Waals surface area contributed by atoms with Crippen molar-refractivity contribution in [3.8, 4) is 0 Å². The van der Waals surface area contributed by atoms with Gasteiger partial charge in [0.1, 0.15) is 0 Å². The molecule has 2 unspecified atom stereocenters. The summed E-state index contributed by atoms with van der Waals surface area (Å²) in [5.74, 6) is 1.46. The minimum absolute atomic E-state index is 0.261. The lowest BCUT2D eigenvalue weighted by Gasteiger charge is -2.52. The van der Waals surface area contributed by atoms with Gasteiger partial charge in [0.25, 0.3) is 0 Å². The molecule has 102 valence electrons. The minimum Gasteiger partial charge on any atom is -0.329 e. The molecule has 0 aromatic heterocycles. The van der Waals surface area contributed by atoms with Gasteiger partial charge < -0.3 is 5.73 Å². The van der Waals surface area contributed by atoms with Crippen LogP contribution in [-0.2, 0) is 0 Å². The molecule has 0 spiro atoms. The molecule has 17 heavy (non-hydrogen) atoms. The Kier molecular flexibility index (Phi) is 5.46. The van der Waals surface area contributed by atoms with Crippen molar-refractivity contribution in [3.63, 3.8) is 0 Å². The van der Waals surface area contributed by atoms with Crippen LogP contribution in [0.1, 0.15) is 60.3 Å². The molecule has 1 rings (SSSR count). The van der Waals surface area contributed by atoms with Crippen molar-refractivity contribution in [2.45, 2.75) is 71.9 Å². The minimum atomic E-state index is 0.261. The molecule has 2 N–H and O–H groups in total. The second kappa shape index (κ2) is 6.19. The van der Waals surface area contributed by atoms with Crippen LogP contribution in [0.15, 0.2) is 0 Å². The summed E-state index contributed by atoms with van der Waals surface area (Å²) in [7, 11) is 0. The zero-order valence-electron chi connectivity index (χ0n) is 12.5. The van der Waals surface area contributed by atoms with Gasteiger partial charge in [-0.25, -0.2) is 0 Å². The van der Waals surface area contributed by atoms with Crippen LogP contribution in [0.2, 0.25) is 0 Å². The summed E-state index contributed by atoms with van der Waals surface area (Å²) < 4.78 is 0. The molecule has 1 fully saturated rings. The van der Waals surface area contributed by atoms with Crippen LogP contribution in [-0.4, -0.2) is 29.6 Å². The van der Waals surface area contributed by atoms with E-state index in [4.69, 9.17) is 5.73 Å². The number of nitrogens with zero attached hydrogens (tertiary/aromatic N) is 1. The zero-order valence-corrected chi connectivity index (χ0v) is 12.5. The molecular formula is C15H32N2. The van der Waals surface area contributed by atoms with Gasteiger partial charge in [-0.05, 0) is 38.5 Å². The smallest absolute Gasteiger partial charge is 0.0360 e. The van der Waals surface area contributed by atoms with Crippen molar-refractivity contribution in [1.82, 2.24) is 4.90 Å². The topological polar surface area (TPSA) is 29.3 Å². The van der Waals surface area contributed by atoms with Crippen LogP contribution < -0.4 is 5.73 Å². The van der Waals surface area contributed by atoms with E-state index in [0.29, 0.717) is 6.04 Å². The van der Waals surface area contributed by atoms with Crippen LogP contribution in [0.3, 0.4) is 0 Å². The van der Waals surface area contributed by atoms with E-state index in [2.05, 4.69) is 39.5 Å². The van der Waals surface area contributed by atoms with Crippen molar-refractivity contribution < 1.29 is 0 Å². The third-order valence-electron chi connectivity index (χ3n) is 4.52. The molecule has 1 aliphatic rings. The summed E-state index contributed by atoms with van der Waals surface area (Å²) >= 11 is 0. The zero-order chi connectivity index (χ0) is 13.1. The van der Waals surface area contributed by atoms with E-state index in [0.717, 1.165) is 18.4 Å². The van der Waals surface area contributed by atoms with Crippen molar-refractivity contribution in [3.05, 3.63) is 0 Å². The summed E-state index contributed by atoms with van der Waals surface area (Å²) in [4.78, 5) is 2.70. The van der Waals surface area contributed by atoms with E-state index in [9.17, 15) is 0 Å². The van der Waals surface area contributed by atoms with Gasteiger partial charge >= 0.3 is 0 Å². The van der Waals surface area contributed by atoms with Crippen LogP contribution in [0.25, 0.3) is 0 Å². The maximum atomic E-state index is 6.20. The Labute approximate surface area is 108 Å². The Bertz CT molecular complexity index is 225. The van der Waals surface area contributed by atoms with Gasteiger partial charge in [0, 0.05) is 24.7 Å². The molecular weight excluding hydrogens is 208 g/mol. The fourth-order valence-corrected chi connectivity index (χ4v) is 3.54. The SMILES string of the molecule is CC(C)CN(C(C)C)C1(CN)CCCCC1C. The molecule has 0 aliphatic heterocycles. The Morgan fingerprint density at radius 1 is 1.24 bits per heavy atom. The van der Waals surface area contributed by atoms with Gasteiger partial charge in [-0.1, -0.05) is 33.6 Å². The highest BCUT2D eigenvalue weighted by atomic mass is 15.2. The summed E-state index contributed by atoms with van der Waals surface area (Å²) in [6.07, 6.45) is 5.37. The quantitative estimate of drug-likeness (QED) is 0.799. The lowest BCUT2D eigenvalue weighted by atomic mass is 9.71. The third-order valence-corrected chi connectivity index (χ3v) is 4.52. The molecule has 0 radical (unpaired) electrons. The monoisotopic (exact) mass is 240 g/mol. The lowest BCUT2D eigenvalue weighted by molar-refractivity contribution is -0.0168. The highest BCUT2D eigenvalue weighted by Gasteiger charge is 2.43. The normalized spacial score (nSPS) is 30.5. The molecule has 2 heteroatoms. The van der Waals surface area contributed by atoms with E-state index in [-0.39, 0.29) is 5.54 Å². The van der Waals surface area contributed by atoms with Crippen LogP contribution in [0, 0.1) is 11.8 Å². The predicted octanol–water partition coefficient (Wildman–Crippen LogP) is 3.26. The van der Waals surface area contributed by atoms with Crippen molar-refractivity contribution >= 4 is 0 Å². The first-order valence-electron chi connectivity index (χ1n) is 7.41. The molecule has 2 nitrogen and oxygen atoms in total. The summed E-state index contributed by atoms with van der Waals surface area (Å²) in [5.41, 5.74) is 6.46. The van der Waals surface area contributed by atoms with E-state index >= 15 is 0 Å². The van der Waals surface area contributed by atoms with E-state index in [1.54, 1.807) is 0 Å². The number of hydrogen-bond donors (Lipinski definition) is 1. The fourth-order valence-electron chi connectivity index (χ4n) is 3.54. The molecule has 0 aromatic rings. The summed E-state index contributed by atoms with van der Waals surface area (Å²) in [6.45, 7) is 13.7. The summed E-state index contributed by atoms with van der Waals surface area (Å²) in [5, 5.41) is 0.